The van der Waals surface area contributed by atoms with Crippen LogP contribution in [0.15, 0.2) is 0 Å². The van der Waals surface area contributed by atoms with Crippen molar-refractivity contribution < 1.29 is 14.3 Å². The summed E-state index contributed by atoms with van der Waals surface area (Å²) in [6.45, 7) is 5.03. The van der Waals surface area contributed by atoms with Crippen molar-refractivity contribution in [3.05, 3.63) is 0 Å². The number of carbonyl (C=O) groups excluding carboxylic acids is 2. The Morgan fingerprint density at radius 1 is 1.35 bits per heavy atom. The lowest BCUT2D eigenvalue weighted by atomic mass is 10.0. The summed E-state index contributed by atoms with van der Waals surface area (Å²) in [6, 6.07) is -0.472. The molecule has 0 aromatic carbocycles. The molecule has 1 unspecified atom stereocenters. The number of rotatable bonds is 9. The van der Waals surface area contributed by atoms with Gasteiger partial charge in [0, 0.05) is 20.3 Å². The van der Waals surface area contributed by atoms with Crippen molar-refractivity contribution in [1.82, 2.24) is 10.6 Å². The van der Waals surface area contributed by atoms with Crippen molar-refractivity contribution in [1.29, 1.82) is 0 Å². The van der Waals surface area contributed by atoms with Gasteiger partial charge in [-0.05, 0) is 12.3 Å². The normalized spacial score (nSPS) is 12.5. The molecule has 17 heavy (non-hydrogen) atoms. The highest BCUT2D eigenvalue weighted by atomic mass is 16.5. The molecular formula is C11H23N3O3. The van der Waals surface area contributed by atoms with E-state index in [0.717, 1.165) is 6.42 Å². The van der Waals surface area contributed by atoms with Crippen molar-refractivity contribution in [3.63, 3.8) is 0 Å². The fraction of sp³-hybridized carbons (Fsp3) is 0.818. The zero-order chi connectivity index (χ0) is 13.3. The van der Waals surface area contributed by atoms with Crippen LogP contribution in [0.4, 0.5) is 0 Å². The lowest BCUT2D eigenvalue weighted by Gasteiger charge is -2.18. The number of hydrogen-bond acceptors (Lipinski definition) is 4. The molecular weight excluding hydrogens is 222 g/mol. The third-order valence-corrected chi connectivity index (χ3v) is 2.30. The van der Waals surface area contributed by atoms with Crippen LogP contribution in [-0.2, 0) is 14.3 Å². The van der Waals surface area contributed by atoms with Crippen LogP contribution in [0.3, 0.4) is 0 Å². The van der Waals surface area contributed by atoms with Crippen LogP contribution < -0.4 is 16.4 Å². The van der Waals surface area contributed by atoms with E-state index < -0.39 is 11.9 Å². The van der Waals surface area contributed by atoms with Gasteiger partial charge in [0.05, 0.1) is 12.6 Å². The van der Waals surface area contributed by atoms with E-state index in [4.69, 9.17) is 10.5 Å². The van der Waals surface area contributed by atoms with Gasteiger partial charge >= 0.3 is 0 Å². The highest BCUT2D eigenvalue weighted by molar-refractivity contribution is 5.82. The number of methoxy groups -OCH3 is 1. The zero-order valence-corrected chi connectivity index (χ0v) is 10.8. The number of amides is 2. The van der Waals surface area contributed by atoms with Crippen LogP contribution in [0.5, 0.6) is 0 Å². The molecule has 2 amide bonds. The fourth-order valence-corrected chi connectivity index (χ4v) is 1.37. The van der Waals surface area contributed by atoms with Gasteiger partial charge in [-0.3, -0.25) is 14.9 Å². The summed E-state index contributed by atoms with van der Waals surface area (Å²) in [5.74, 6) is -0.519. The van der Waals surface area contributed by atoms with E-state index in [1.807, 2.05) is 13.8 Å². The summed E-state index contributed by atoms with van der Waals surface area (Å²) in [4.78, 5) is 22.5. The molecule has 6 heteroatoms. The molecule has 6 nitrogen and oxygen atoms in total. The molecule has 0 fully saturated rings. The average Bonchev–Trinajstić information content (AvgIpc) is 2.23. The summed E-state index contributed by atoms with van der Waals surface area (Å²) < 4.78 is 4.86. The van der Waals surface area contributed by atoms with Crippen molar-refractivity contribution in [2.75, 3.05) is 26.8 Å². The monoisotopic (exact) mass is 245 g/mol. The fourth-order valence-electron chi connectivity index (χ4n) is 1.37. The molecule has 0 rings (SSSR count). The van der Waals surface area contributed by atoms with Crippen LogP contribution in [0, 0.1) is 5.92 Å². The third kappa shape index (κ3) is 7.70. The molecule has 0 spiro atoms. The van der Waals surface area contributed by atoms with Gasteiger partial charge in [-0.25, -0.2) is 0 Å². The second-order valence-corrected chi connectivity index (χ2v) is 4.20. The van der Waals surface area contributed by atoms with Gasteiger partial charge in [-0.2, -0.15) is 0 Å². The predicted octanol–water partition coefficient (Wildman–Crippen LogP) is -0.761. The van der Waals surface area contributed by atoms with E-state index in [1.165, 1.54) is 0 Å². The Balaban J connectivity index is 3.77. The first-order valence-electron chi connectivity index (χ1n) is 5.77. The number of nitrogens with one attached hydrogen (secondary N) is 2. The molecule has 0 aliphatic rings. The highest BCUT2D eigenvalue weighted by Crippen LogP contribution is 1.99. The summed E-state index contributed by atoms with van der Waals surface area (Å²) in [5, 5.41) is 5.56. The zero-order valence-electron chi connectivity index (χ0n) is 10.8. The third-order valence-electron chi connectivity index (χ3n) is 2.30. The summed E-state index contributed by atoms with van der Waals surface area (Å²) in [7, 11) is 1.61. The Bertz CT molecular complexity index is 244. The molecule has 0 bridgehead atoms. The van der Waals surface area contributed by atoms with Crippen LogP contribution in [-0.4, -0.2) is 44.7 Å². The van der Waals surface area contributed by atoms with E-state index in [1.54, 1.807) is 7.11 Å². The van der Waals surface area contributed by atoms with Crippen LogP contribution in [0.1, 0.15) is 20.3 Å². The van der Waals surface area contributed by atoms with E-state index in [9.17, 15) is 9.59 Å². The van der Waals surface area contributed by atoms with E-state index in [-0.39, 0.29) is 18.4 Å². The topological polar surface area (TPSA) is 93.4 Å². The quantitative estimate of drug-likeness (QED) is 0.465. The minimum absolute atomic E-state index is 0.0637. The molecule has 4 N–H and O–H groups in total. The van der Waals surface area contributed by atoms with Gasteiger partial charge in [-0.1, -0.05) is 13.8 Å². The average molecular weight is 245 g/mol. The molecule has 0 saturated carbocycles. The molecule has 0 radical (unpaired) electrons. The molecule has 0 heterocycles. The first-order chi connectivity index (χ1) is 7.99. The largest absolute Gasteiger partial charge is 0.385 e. The van der Waals surface area contributed by atoms with E-state index >= 15 is 0 Å². The Kier molecular flexibility index (Phi) is 8.35. The number of ether oxygens (including phenoxy) is 1. The van der Waals surface area contributed by atoms with Gasteiger partial charge in [0.25, 0.3) is 0 Å². The van der Waals surface area contributed by atoms with Gasteiger partial charge in [0.1, 0.15) is 0 Å². The second kappa shape index (κ2) is 8.95. The van der Waals surface area contributed by atoms with Crippen LogP contribution in [0.25, 0.3) is 0 Å². The van der Waals surface area contributed by atoms with Gasteiger partial charge < -0.3 is 15.8 Å². The number of carbonyl (C=O) groups is 2. The Morgan fingerprint density at radius 3 is 2.47 bits per heavy atom. The smallest absolute Gasteiger partial charge is 0.234 e. The van der Waals surface area contributed by atoms with E-state index in [2.05, 4.69) is 10.6 Å². The standard InChI is InChI=1S/C11H23N3O3/c1-8(2)10(11(12)16)14-7-9(15)13-5-4-6-17-3/h8,10,14H,4-7H2,1-3H3,(H2,12,16)(H,13,15). The van der Waals surface area contributed by atoms with Gasteiger partial charge in [0.2, 0.25) is 11.8 Å². The maximum atomic E-state index is 11.4. The lowest BCUT2D eigenvalue weighted by molar-refractivity contribution is -0.122. The Morgan fingerprint density at radius 2 is 2.00 bits per heavy atom. The summed E-state index contributed by atoms with van der Waals surface area (Å²) in [5.41, 5.74) is 5.21. The maximum absolute atomic E-state index is 11.4. The number of nitrogens with two attached hydrogens (primary N) is 1. The van der Waals surface area contributed by atoms with Crippen molar-refractivity contribution >= 4 is 11.8 Å². The second-order valence-electron chi connectivity index (χ2n) is 4.20. The first kappa shape index (κ1) is 15.9. The van der Waals surface area contributed by atoms with Crippen molar-refractivity contribution in [2.45, 2.75) is 26.3 Å². The maximum Gasteiger partial charge on any atom is 0.234 e. The molecule has 1 atom stereocenters. The van der Waals surface area contributed by atoms with Crippen molar-refractivity contribution in [3.8, 4) is 0 Å². The molecule has 0 aliphatic carbocycles. The summed E-state index contributed by atoms with van der Waals surface area (Å²) >= 11 is 0. The lowest BCUT2D eigenvalue weighted by Crippen LogP contribution is -2.48. The SMILES string of the molecule is COCCCNC(=O)CNC(C(N)=O)C(C)C. The summed E-state index contributed by atoms with van der Waals surface area (Å²) in [6.07, 6.45) is 0.770. The predicted molar refractivity (Wildman–Crippen MR) is 65.3 cm³/mol. The Hall–Kier alpha value is -1.14. The number of hydrogen-bond donors (Lipinski definition) is 3. The van der Waals surface area contributed by atoms with E-state index in [0.29, 0.717) is 13.2 Å². The van der Waals surface area contributed by atoms with Gasteiger partial charge in [-0.15, -0.1) is 0 Å². The molecule has 0 aliphatic heterocycles. The minimum atomic E-state index is -0.472. The van der Waals surface area contributed by atoms with Crippen LogP contribution >= 0.6 is 0 Å². The number of primary amides is 1. The first-order valence-corrected chi connectivity index (χ1v) is 5.77. The minimum Gasteiger partial charge on any atom is -0.385 e. The van der Waals surface area contributed by atoms with Crippen molar-refractivity contribution in [2.24, 2.45) is 11.7 Å². The molecule has 100 valence electrons. The Labute approximate surface area is 102 Å². The van der Waals surface area contributed by atoms with Gasteiger partial charge in [0.15, 0.2) is 0 Å². The van der Waals surface area contributed by atoms with Crippen LogP contribution in [0.2, 0.25) is 0 Å². The molecule has 0 aromatic heterocycles. The molecule has 0 aromatic rings. The molecule has 0 saturated heterocycles. The highest BCUT2D eigenvalue weighted by Gasteiger charge is 2.19.